The Hall–Kier alpha value is -2.50. The number of hydrogen-bond acceptors (Lipinski definition) is 3. The molecule has 2 aromatic rings. The molecule has 0 fully saturated rings. The third-order valence-corrected chi connectivity index (χ3v) is 4.65. The number of aryl methyl sites for hydroxylation is 3. The highest BCUT2D eigenvalue weighted by atomic mass is 16.3. The average Bonchev–Trinajstić information content (AvgIpc) is 2.85. The number of phenolic OH excluding ortho intramolecular Hbond substituents is 1. The van der Waals surface area contributed by atoms with Gasteiger partial charge in [0.05, 0.1) is 5.69 Å². The van der Waals surface area contributed by atoms with E-state index in [9.17, 15) is 5.11 Å². The van der Waals surface area contributed by atoms with Crippen LogP contribution in [-0.2, 0) is 19.9 Å². The first kappa shape index (κ1) is 19.8. The Balaban J connectivity index is 1.77. The maximum Gasteiger partial charge on any atom is 0.191 e. The summed E-state index contributed by atoms with van der Waals surface area (Å²) < 4.78 is 1.94. The van der Waals surface area contributed by atoms with Gasteiger partial charge in [0.2, 0.25) is 0 Å². The van der Waals surface area contributed by atoms with Gasteiger partial charge < -0.3 is 15.7 Å². The minimum Gasteiger partial charge on any atom is -0.508 e. The van der Waals surface area contributed by atoms with Crippen LogP contribution in [0.15, 0.2) is 29.3 Å². The van der Waals surface area contributed by atoms with Crippen LogP contribution < -0.4 is 10.6 Å². The van der Waals surface area contributed by atoms with Gasteiger partial charge in [-0.05, 0) is 63.3 Å². The van der Waals surface area contributed by atoms with Crippen LogP contribution in [0.1, 0.15) is 35.9 Å². The summed E-state index contributed by atoms with van der Waals surface area (Å²) >= 11 is 0. The molecule has 1 heterocycles. The molecule has 0 aliphatic rings. The molecular formula is C20H31N5O. The number of nitrogens with zero attached hydrogens (tertiary/aromatic N) is 3. The van der Waals surface area contributed by atoms with Crippen molar-refractivity contribution in [1.82, 2.24) is 20.4 Å². The molecule has 1 atom stereocenters. The Kier molecular flexibility index (Phi) is 7.06. The second-order valence-corrected chi connectivity index (χ2v) is 6.79. The molecule has 0 aliphatic carbocycles. The molecule has 1 unspecified atom stereocenters. The van der Waals surface area contributed by atoms with Gasteiger partial charge in [-0.2, -0.15) is 5.10 Å². The first-order chi connectivity index (χ1) is 12.4. The molecule has 142 valence electrons. The monoisotopic (exact) mass is 357 g/mol. The molecule has 6 heteroatoms. The minimum atomic E-state index is 0.264. The summed E-state index contributed by atoms with van der Waals surface area (Å²) in [5.74, 6) is 1.13. The number of aromatic nitrogens is 2. The van der Waals surface area contributed by atoms with Gasteiger partial charge in [0.1, 0.15) is 5.75 Å². The maximum absolute atomic E-state index is 9.32. The molecule has 6 nitrogen and oxygen atoms in total. The number of benzene rings is 1. The molecule has 0 aliphatic heterocycles. The maximum atomic E-state index is 9.32. The molecule has 1 aromatic carbocycles. The summed E-state index contributed by atoms with van der Waals surface area (Å²) in [4.78, 5) is 4.32. The largest absolute Gasteiger partial charge is 0.508 e. The van der Waals surface area contributed by atoms with Crippen LogP contribution in [0, 0.1) is 13.8 Å². The molecule has 2 rings (SSSR count). The Labute approximate surface area is 156 Å². The van der Waals surface area contributed by atoms with E-state index in [0.717, 1.165) is 37.5 Å². The second kappa shape index (κ2) is 9.27. The summed E-state index contributed by atoms with van der Waals surface area (Å²) in [6, 6.07) is 7.65. The van der Waals surface area contributed by atoms with E-state index in [-0.39, 0.29) is 6.04 Å². The fraction of sp³-hybridized carbons (Fsp3) is 0.500. The van der Waals surface area contributed by atoms with Gasteiger partial charge in [-0.15, -0.1) is 0 Å². The molecule has 0 amide bonds. The molecule has 3 N–H and O–H groups in total. The number of nitrogens with one attached hydrogen (secondary N) is 2. The van der Waals surface area contributed by atoms with Crippen molar-refractivity contribution in [3.8, 4) is 5.75 Å². The number of phenols is 1. The summed E-state index contributed by atoms with van der Waals surface area (Å²) in [6.45, 7) is 7.18. The standard InChI is InChI=1S/C20H31N5O/c1-14(13-19-15(2)24-25(5)16(19)3)23-20(21-4)22-12-6-7-17-8-10-18(26)11-9-17/h8-11,14,26H,6-7,12-13H2,1-5H3,(H2,21,22,23). The van der Waals surface area contributed by atoms with E-state index in [1.807, 2.05) is 23.9 Å². The molecule has 1 aromatic heterocycles. The number of aliphatic imine (C=N–C) groups is 1. The Morgan fingerprint density at radius 1 is 1.27 bits per heavy atom. The highest BCUT2D eigenvalue weighted by Gasteiger charge is 2.13. The smallest absolute Gasteiger partial charge is 0.191 e. The Bertz CT molecular complexity index is 733. The Morgan fingerprint density at radius 2 is 1.96 bits per heavy atom. The van der Waals surface area contributed by atoms with E-state index in [4.69, 9.17) is 0 Å². The molecule has 0 bridgehead atoms. The second-order valence-electron chi connectivity index (χ2n) is 6.79. The van der Waals surface area contributed by atoms with Gasteiger partial charge >= 0.3 is 0 Å². The van der Waals surface area contributed by atoms with E-state index in [1.165, 1.54) is 16.8 Å². The fourth-order valence-corrected chi connectivity index (χ4v) is 3.06. The lowest BCUT2D eigenvalue weighted by Gasteiger charge is -2.18. The quantitative estimate of drug-likeness (QED) is 0.404. The van der Waals surface area contributed by atoms with Gasteiger partial charge in [0.15, 0.2) is 5.96 Å². The summed E-state index contributed by atoms with van der Waals surface area (Å²) in [7, 11) is 3.78. The highest BCUT2D eigenvalue weighted by Crippen LogP contribution is 2.14. The van der Waals surface area contributed by atoms with E-state index in [2.05, 4.69) is 41.5 Å². The van der Waals surface area contributed by atoms with Crippen molar-refractivity contribution in [1.29, 1.82) is 0 Å². The van der Waals surface area contributed by atoms with Crippen molar-refractivity contribution in [3.05, 3.63) is 46.8 Å². The first-order valence-electron chi connectivity index (χ1n) is 9.15. The van der Waals surface area contributed by atoms with Crippen LogP contribution in [0.3, 0.4) is 0 Å². The molecule has 0 radical (unpaired) electrons. The molecular weight excluding hydrogens is 326 g/mol. The van der Waals surface area contributed by atoms with Crippen molar-refractivity contribution in [2.45, 2.75) is 46.1 Å². The van der Waals surface area contributed by atoms with Crippen LogP contribution in [0.25, 0.3) is 0 Å². The first-order valence-corrected chi connectivity index (χ1v) is 9.15. The number of hydrogen-bond donors (Lipinski definition) is 3. The van der Waals surface area contributed by atoms with Crippen molar-refractivity contribution >= 4 is 5.96 Å². The zero-order valence-electron chi connectivity index (χ0n) is 16.5. The topological polar surface area (TPSA) is 74.5 Å². The lowest BCUT2D eigenvalue weighted by Crippen LogP contribution is -2.43. The van der Waals surface area contributed by atoms with E-state index < -0.39 is 0 Å². The van der Waals surface area contributed by atoms with E-state index in [1.54, 1.807) is 19.2 Å². The highest BCUT2D eigenvalue weighted by molar-refractivity contribution is 5.79. The van der Waals surface area contributed by atoms with Gasteiger partial charge in [-0.25, -0.2) is 0 Å². The van der Waals surface area contributed by atoms with Crippen LogP contribution in [-0.4, -0.2) is 40.5 Å². The summed E-state index contributed by atoms with van der Waals surface area (Å²) in [5.41, 5.74) is 4.84. The SMILES string of the molecule is CN=C(NCCCc1ccc(O)cc1)NC(C)Cc1c(C)nn(C)c1C. The number of aromatic hydroxyl groups is 1. The Morgan fingerprint density at radius 3 is 2.54 bits per heavy atom. The third kappa shape index (κ3) is 5.51. The zero-order chi connectivity index (χ0) is 19.1. The van der Waals surface area contributed by atoms with E-state index in [0.29, 0.717) is 5.75 Å². The summed E-state index contributed by atoms with van der Waals surface area (Å²) in [6.07, 6.45) is 2.88. The van der Waals surface area contributed by atoms with Gasteiger partial charge in [0, 0.05) is 32.4 Å². The van der Waals surface area contributed by atoms with Crippen molar-refractivity contribution in [2.24, 2.45) is 12.0 Å². The van der Waals surface area contributed by atoms with Crippen LogP contribution >= 0.6 is 0 Å². The van der Waals surface area contributed by atoms with Crippen LogP contribution in [0.4, 0.5) is 0 Å². The van der Waals surface area contributed by atoms with E-state index >= 15 is 0 Å². The van der Waals surface area contributed by atoms with Gasteiger partial charge in [0.25, 0.3) is 0 Å². The number of rotatable bonds is 7. The minimum absolute atomic E-state index is 0.264. The van der Waals surface area contributed by atoms with Crippen molar-refractivity contribution in [3.63, 3.8) is 0 Å². The predicted octanol–water partition coefficient (Wildman–Crippen LogP) is 2.47. The lowest BCUT2D eigenvalue weighted by atomic mass is 10.1. The fourth-order valence-electron chi connectivity index (χ4n) is 3.06. The van der Waals surface area contributed by atoms with Gasteiger partial charge in [-0.3, -0.25) is 9.67 Å². The third-order valence-electron chi connectivity index (χ3n) is 4.65. The molecule has 26 heavy (non-hydrogen) atoms. The normalized spacial score (nSPS) is 12.9. The molecule has 0 saturated heterocycles. The molecule has 0 saturated carbocycles. The van der Waals surface area contributed by atoms with Gasteiger partial charge in [-0.1, -0.05) is 12.1 Å². The van der Waals surface area contributed by atoms with Crippen molar-refractivity contribution in [2.75, 3.05) is 13.6 Å². The zero-order valence-corrected chi connectivity index (χ0v) is 16.5. The molecule has 0 spiro atoms. The summed E-state index contributed by atoms with van der Waals surface area (Å²) in [5, 5.41) is 20.6. The lowest BCUT2D eigenvalue weighted by molar-refractivity contribution is 0.475. The van der Waals surface area contributed by atoms with Crippen LogP contribution in [0.2, 0.25) is 0 Å². The average molecular weight is 358 g/mol. The predicted molar refractivity (Wildman–Crippen MR) is 107 cm³/mol. The van der Waals surface area contributed by atoms with Crippen LogP contribution in [0.5, 0.6) is 5.75 Å². The number of guanidine groups is 1. The van der Waals surface area contributed by atoms with Crippen molar-refractivity contribution < 1.29 is 5.11 Å².